The molecule has 0 saturated heterocycles. The van der Waals surface area contributed by atoms with Crippen LogP contribution in [0.1, 0.15) is 5.56 Å². The van der Waals surface area contributed by atoms with Crippen LogP contribution in [0.2, 0.25) is 0 Å². The van der Waals surface area contributed by atoms with Crippen molar-refractivity contribution in [3.05, 3.63) is 60.2 Å². The number of halogens is 2. The van der Waals surface area contributed by atoms with Crippen molar-refractivity contribution in [2.45, 2.75) is 6.54 Å². The summed E-state index contributed by atoms with van der Waals surface area (Å²) < 4.78 is 20.7. The Morgan fingerprint density at radius 3 is 2.71 bits per heavy atom. The second-order valence-electron chi connectivity index (χ2n) is 5.79. The molecule has 3 N–H and O–H groups in total. The molecule has 3 aromatic heterocycles. The number of nitrogens with zero attached hydrogens (tertiary/aromatic N) is 5. The van der Waals surface area contributed by atoms with Crippen LogP contribution in [0.3, 0.4) is 0 Å². The Morgan fingerprint density at radius 2 is 2.04 bits per heavy atom. The molecule has 0 saturated carbocycles. The summed E-state index contributed by atoms with van der Waals surface area (Å²) in [5, 5.41) is 11.4. The molecular weight excluding hydrogens is 385 g/mol. The molecule has 0 aliphatic heterocycles. The Morgan fingerprint density at radius 1 is 1.21 bits per heavy atom. The summed E-state index contributed by atoms with van der Waals surface area (Å²) in [6.45, 7) is 0.221. The van der Waals surface area contributed by atoms with Crippen molar-refractivity contribution in [1.29, 1.82) is 0 Å². The van der Waals surface area contributed by atoms with Crippen LogP contribution in [0.15, 0.2) is 53.4 Å². The number of nitrogen functional groups attached to an aromatic ring is 1. The third-order valence-corrected chi connectivity index (χ3v) is 4.07. The summed E-state index contributed by atoms with van der Waals surface area (Å²) in [5.41, 5.74) is 8.78. The largest absolute Gasteiger partial charge is 0.384 e. The minimum atomic E-state index is -0.306. The molecule has 0 atom stereocenters. The first-order valence-corrected chi connectivity index (χ1v) is 8.18. The number of benzene rings is 1. The molecule has 1 aromatic carbocycles. The average Bonchev–Trinajstić information content (AvgIpc) is 3.33. The fourth-order valence-electron chi connectivity index (χ4n) is 2.70. The maximum Gasteiger partial charge on any atom is 0.182 e. The van der Waals surface area contributed by atoms with Crippen molar-refractivity contribution < 1.29 is 8.91 Å². The van der Waals surface area contributed by atoms with E-state index >= 15 is 0 Å². The lowest BCUT2D eigenvalue weighted by Crippen LogP contribution is -2.06. The second kappa shape index (κ2) is 8.05. The van der Waals surface area contributed by atoms with Crippen molar-refractivity contribution >= 4 is 23.9 Å². The van der Waals surface area contributed by atoms with Gasteiger partial charge in [0, 0.05) is 18.7 Å². The quantitative estimate of drug-likeness (QED) is 0.528. The van der Waals surface area contributed by atoms with Gasteiger partial charge in [0.05, 0.1) is 24.1 Å². The van der Waals surface area contributed by atoms with Crippen LogP contribution < -0.4 is 11.1 Å². The minimum Gasteiger partial charge on any atom is -0.384 e. The zero-order chi connectivity index (χ0) is 18.8. The number of aromatic nitrogens is 5. The predicted octanol–water partition coefficient (Wildman–Crippen LogP) is 3.23. The van der Waals surface area contributed by atoms with Gasteiger partial charge in [0.15, 0.2) is 11.6 Å². The Bertz CT molecular complexity index is 1080. The standard InChI is InChI=1S/C18H16FN7O.ClH/c1-21-15-9-22-18(23-17(15)20)14-8-16(13-6-7-27-25-13)26(24-14)10-11-4-2-3-5-12(11)19;/h2-9,21H,10H2,1H3,(H2,20,22,23);1H. The van der Waals surface area contributed by atoms with Crippen molar-refractivity contribution in [2.24, 2.45) is 0 Å². The average molecular weight is 402 g/mol. The molecule has 3 heterocycles. The molecule has 8 nitrogen and oxygen atoms in total. The summed E-state index contributed by atoms with van der Waals surface area (Å²) in [5.74, 6) is 0.372. The van der Waals surface area contributed by atoms with Crippen LogP contribution in [-0.2, 0) is 6.54 Å². The fourth-order valence-corrected chi connectivity index (χ4v) is 2.70. The minimum absolute atomic E-state index is 0. The Kier molecular flexibility index (Phi) is 5.55. The molecule has 0 spiro atoms. The molecule has 0 amide bonds. The predicted molar refractivity (Wildman–Crippen MR) is 105 cm³/mol. The third kappa shape index (κ3) is 3.65. The number of rotatable bonds is 5. The highest BCUT2D eigenvalue weighted by atomic mass is 35.5. The summed E-state index contributed by atoms with van der Waals surface area (Å²) >= 11 is 0. The summed E-state index contributed by atoms with van der Waals surface area (Å²) in [7, 11) is 1.74. The number of nitrogens with two attached hydrogens (primary N) is 1. The first kappa shape index (κ1) is 19.3. The zero-order valence-corrected chi connectivity index (χ0v) is 15.7. The van der Waals surface area contributed by atoms with Gasteiger partial charge in [-0.15, -0.1) is 12.4 Å². The molecule has 0 fully saturated rings. The van der Waals surface area contributed by atoms with E-state index in [0.29, 0.717) is 40.0 Å². The maximum atomic E-state index is 14.1. The highest BCUT2D eigenvalue weighted by molar-refractivity contribution is 5.85. The van der Waals surface area contributed by atoms with E-state index in [4.69, 9.17) is 10.3 Å². The number of hydrogen-bond donors (Lipinski definition) is 2. The molecule has 0 bridgehead atoms. The first-order valence-electron chi connectivity index (χ1n) is 8.18. The van der Waals surface area contributed by atoms with Gasteiger partial charge in [0.2, 0.25) is 0 Å². The molecule has 4 rings (SSSR count). The van der Waals surface area contributed by atoms with E-state index in [0.717, 1.165) is 0 Å². The van der Waals surface area contributed by atoms with Crippen LogP contribution in [-0.4, -0.2) is 32.0 Å². The van der Waals surface area contributed by atoms with Crippen LogP contribution >= 0.6 is 12.4 Å². The van der Waals surface area contributed by atoms with Gasteiger partial charge in [-0.1, -0.05) is 23.4 Å². The van der Waals surface area contributed by atoms with Crippen LogP contribution in [0.25, 0.3) is 22.9 Å². The first-order chi connectivity index (χ1) is 13.2. The number of nitrogens with one attached hydrogen (secondary N) is 1. The smallest absolute Gasteiger partial charge is 0.182 e. The monoisotopic (exact) mass is 401 g/mol. The molecule has 4 aromatic rings. The van der Waals surface area contributed by atoms with Crippen molar-refractivity contribution in [1.82, 2.24) is 24.9 Å². The van der Waals surface area contributed by atoms with Crippen molar-refractivity contribution in [3.63, 3.8) is 0 Å². The van der Waals surface area contributed by atoms with Crippen molar-refractivity contribution in [3.8, 4) is 22.9 Å². The van der Waals surface area contributed by atoms with Crippen LogP contribution in [0.5, 0.6) is 0 Å². The summed E-state index contributed by atoms with van der Waals surface area (Å²) in [6, 6.07) is 10.0. The summed E-state index contributed by atoms with van der Waals surface area (Å²) in [6.07, 6.45) is 3.05. The van der Waals surface area contributed by atoms with E-state index in [9.17, 15) is 4.39 Å². The summed E-state index contributed by atoms with van der Waals surface area (Å²) in [4.78, 5) is 8.58. The van der Waals surface area contributed by atoms with Gasteiger partial charge < -0.3 is 15.6 Å². The fraction of sp³-hybridized carbons (Fsp3) is 0.111. The Labute approximate surface area is 166 Å². The van der Waals surface area contributed by atoms with E-state index in [-0.39, 0.29) is 24.8 Å². The Balaban J connectivity index is 0.00000225. The zero-order valence-electron chi connectivity index (χ0n) is 14.8. The lowest BCUT2D eigenvalue weighted by molar-refractivity contribution is 0.421. The lowest BCUT2D eigenvalue weighted by Gasteiger charge is -2.06. The van der Waals surface area contributed by atoms with Crippen LogP contribution in [0.4, 0.5) is 15.9 Å². The molecule has 0 radical (unpaired) electrons. The lowest BCUT2D eigenvalue weighted by atomic mass is 10.2. The maximum absolute atomic E-state index is 14.1. The number of hydrogen-bond acceptors (Lipinski definition) is 7. The molecule has 0 aliphatic carbocycles. The van der Waals surface area contributed by atoms with Crippen molar-refractivity contribution in [2.75, 3.05) is 18.1 Å². The second-order valence-corrected chi connectivity index (χ2v) is 5.79. The van der Waals surface area contributed by atoms with Gasteiger partial charge in [-0.3, -0.25) is 4.68 Å². The molecule has 144 valence electrons. The van der Waals surface area contributed by atoms with Gasteiger partial charge >= 0.3 is 0 Å². The Hall–Kier alpha value is -3.46. The molecule has 28 heavy (non-hydrogen) atoms. The molecular formula is C18H17ClFN7O. The topological polar surface area (TPSA) is 108 Å². The molecule has 10 heteroatoms. The highest BCUT2D eigenvalue weighted by Crippen LogP contribution is 2.26. The van der Waals surface area contributed by atoms with Gasteiger partial charge in [0.25, 0.3) is 0 Å². The highest BCUT2D eigenvalue weighted by Gasteiger charge is 2.17. The molecule has 0 aliphatic rings. The van der Waals surface area contributed by atoms with E-state index in [2.05, 4.69) is 25.5 Å². The van der Waals surface area contributed by atoms with E-state index in [1.165, 1.54) is 12.3 Å². The normalized spacial score (nSPS) is 10.5. The van der Waals surface area contributed by atoms with E-state index in [1.807, 2.05) is 0 Å². The molecule has 0 unspecified atom stereocenters. The number of anilines is 2. The van der Waals surface area contributed by atoms with Gasteiger partial charge in [-0.05, 0) is 12.1 Å². The van der Waals surface area contributed by atoms with Crippen LogP contribution in [0, 0.1) is 5.82 Å². The third-order valence-electron chi connectivity index (χ3n) is 4.07. The van der Waals surface area contributed by atoms with Gasteiger partial charge in [-0.2, -0.15) is 5.10 Å². The van der Waals surface area contributed by atoms with E-state index in [1.54, 1.807) is 48.3 Å². The SMILES string of the molecule is CNc1cnc(-c2cc(-c3ccon3)n(Cc3ccccc3F)n2)nc1N.Cl. The van der Waals surface area contributed by atoms with Gasteiger partial charge in [-0.25, -0.2) is 14.4 Å². The van der Waals surface area contributed by atoms with E-state index < -0.39 is 0 Å². The van der Waals surface area contributed by atoms with Gasteiger partial charge in [0.1, 0.15) is 23.5 Å².